The van der Waals surface area contributed by atoms with Crippen molar-refractivity contribution in [3.63, 3.8) is 0 Å². The van der Waals surface area contributed by atoms with Gasteiger partial charge in [0.05, 0.1) is 23.4 Å². The summed E-state index contributed by atoms with van der Waals surface area (Å²) in [6.07, 6.45) is -0.652. The first-order valence-electron chi connectivity index (χ1n) is 12.4. The Morgan fingerprint density at radius 2 is 1.56 bits per heavy atom. The maximum absolute atomic E-state index is 14.2. The van der Waals surface area contributed by atoms with Crippen LogP contribution in [0.5, 0.6) is 5.75 Å². The molecule has 0 bridgehead atoms. The Labute approximate surface area is 225 Å². The molecule has 5 rings (SSSR count). The van der Waals surface area contributed by atoms with Crippen LogP contribution in [0.1, 0.15) is 36.1 Å². The van der Waals surface area contributed by atoms with Crippen molar-refractivity contribution in [2.75, 3.05) is 4.90 Å². The summed E-state index contributed by atoms with van der Waals surface area (Å²) in [4.78, 5) is 34.0. The van der Waals surface area contributed by atoms with E-state index in [4.69, 9.17) is 0 Å². The molecule has 0 radical (unpaired) electrons. The van der Waals surface area contributed by atoms with E-state index < -0.39 is 31.5 Å². The van der Waals surface area contributed by atoms with Gasteiger partial charge in [-0.25, -0.2) is 4.39 Å². The van der Waals surface area contributed by atoms with Gasteiger partial charge in [0.2, 0.25) is 5.91 Å². The Kier molecular flexibility index (Phi) is 7.38. The maximum Gasteiger partial charge on any atom is 0.356 e. The monoisotopic (exact) mass is 547 g/mol. The van der Waals surface area contributed by atoms with Crippen molar-refractivity contribution in [2.45, 2.75) is 25.0 Å². The van der Waals surface area contributed by atoms with Crippen molar-refractivity contribution in [3.05, 3.63) is 114 Å². The van der Waals surface area contributed by atoms with Gasteiger partial charge in [0, 0.05) is 16.8 Å². The smallest absolute Gasteiger partial charge is 0.356 e. The molecule has 39 heavy (non-hydrogen) atoms. The SMILES string of the molecule is O=C1C(CCC(O)c2ccccc2F)C(c2ccc(-c3cccc(P(=O)(O)O)c3)cc2O)N1c1ccccc1. The molecular weight excluding hydrogens is 520 g/mol. The second kappa shape index (κ2) is 10.8. The molecule has 0 saturated carbocycles. The highest BCUT2D eigenvalue weighted by molar-refractivity contribution is 7.60. The molecule has 9 heteroatoms. The fraction of sp³-hybridized carbons (Fsp3) is 0.167. The van der Waals surface area contributed by atoms with Gasteiger partial charge in [-0.2, -0.15) is 0 Å². The minimum atomic E-state index is -4.45. The molecule has 7 nitrogen and oxygen atoms in total. The van der Waals surface area contributed by atoms with Crippen molar-refractivity contribution in [1.29, 1.82) is 0 Å². The highest BCUT2D eigenvalue weighted by atomic mass is 31.2. The predicted molar refractivity (Wildman–Crippen MR) is 146 cm³/mol. The Morgan fingerprint density at radius 1 is 0.872 bits per heavy atom. The van der Waals surface area contributed by atoms with Crippen LogP contribution in [0.2, 0.25) is 0 Å². The van der Waals surface area contributed by atoms with Crippen molar-refractivity contribution in [2.24, 2.45) is 5.92 Å². The summed E-state index contributed by atoms with van der Waals surface area (Å²) in [6, 6.07) is 25.4. The van der Waals surface area contributed by atoms with Crippen molar-refractivity contribution in [3.8, 4) is 16.9 Å². The zero-order chi connectivity index (χ0) is 27.7. The fourth-order valence-electron chi connectivity index (χ4n) is 5.14. The number of benzene rings is 4. The van der Waals surface area contributed by atoms with Gasteiger partial charge in [0.15, 0.2) is 0 Å². The number of halogens is 1. The number of amides is 1. The van der Waals surface area contributed by atoms with Crippen LogP contribution < -0.4 is 10.2 Å². The summed E-state index contributed by atoms with van der Waals surface area (Å²) in [7, 11) is -4.45. The number of phenols is 1. The highest BCUT2D eigenvalue weighted by Crippen LogP contribution is 2.49. The zero-order valence-corrected chi connectivity index (χ0v) is 21.7. The van der Waals surface area contributed by atoms with E-state index in [0.29, 0.717) is 22.4 Å². The molecule has 1 amide bonds. The topological polar surface area (TPSA) is 118 Å². The quantitative estimate of drug-likeness (QED) is 0.178. The van der Waals surface area contributed by atoms with Crippen LogP contribution in [0.25, 0.3) is 11.1 Å². The van der Waals surface area contributed by atoms with Gasteiger partial charge in [0.25, 0.3) is 0 Å². The van der Waals surface area contributed by atoms with Gasteiger partial charge >= 0.3 is 7.60 Å². The number of carbonyl (C=O) groups excluding carboxylic acids is 1. The summed E-state index contributed by atoms with van der Waals surface area (Å²) in [5.74, 6) is -1.30. The third-order valence-electron chi connectivity index (χ3n) is 7.13. The lowest BCUT2D eigenvalue weighted by atomic mass is 9.77. The third kappa shape index (κ3) is 5.37. The first-order valence-corrected chi connectivity index (χ1v) is 14.1. The molecule has 3 unspecified atom stereocenters. The van der Waals surface area contributed by atoms with Gasteiger partial charge in [-0.05, 0) is 60.4 Å². The minimum absolute atomic E-state index is 0.0767. The van der Waals surface area contributed by atoms with Crippen LogP contribution in [0.15, 0.2) is 97.1 Å². The van der Waals surface area contributed by atoms with Gasteiger partial charge in [-0.1, -0.05) is 60.7 Å². The number of hydrogen-bond acceptors (Lipinski definition) is 4. The van der Waals surface area contributed by atoms with Crippen LogP contribution >= 0.6 is 7.60 Å². The Balaban J connectivity index is 1.45. The number of rotatable bonds is 8. The number of β-lactam (4-membered cyclic amide) rings is 1. The molecule has 1 heterocycles. The molecule has 1 saturated heterocycles. The van der Waals surface area contributed by atoms with E-state index in [1.807, 2.05) is 18.2 Å². The molecule has 1 fully saturated rings. The predicted octanol–water partition coefficient (Wildman–Crippen LogP) is 5.22. The lowest BCUT2D eigenvalue weighted by Crippen LogP contribution is -2.55. The van der Waals surface area contributed by atoms with Gasteiger partial charge in [0.1, 0.15) is 11.6 Å². The van der Waals surface area contributed by atoms with Crippen LogP contribution in [0, 0.1) is 11.7 Å². The second-order valence-corrected chi connectivity index (χ2v) is 11.2. The number of phenolic OH excluding ortho intramolecular Hbond substituents is 1. The number of aliphatic hydroxyl groups is 1. The normalized spacial score (nSPS) is 18.1. The van der Waals surface area contributed by atoms with E-state index in [2.05, 4.69) is 0 Å². The van der Waals surface area contributed by atoms with Crippen LogP contribution in [-0.2, 0) is 9.36 Å². The van der Waals surface area contributed by atoms with Crippen molar-refractivity contribution < 1.29 is 33.7 Å². The van der Waals surface area contributed by atoms with Gasteiger partial charge in [-0.3, -0.25) is 9.36 Å². The molecule has 0 aromatic heterocycles. The lowest BCUT2D eigenvalue weighted by Gasteiger charge is -2.48. The number of para-hydroxylation sites is 1. The minimum Gasteiger partial charge on any atom is -0.508 e. The van der Waals surface area contributed by atoms with Crippen molar-refractivity contribution in [1.82, 2.24) is 0 Å². The molecular formula is C30H27FNO6P. The number of aromatic hydroxyl groups is 1. The van der Waals surface area contributed by atoms with E-state index in [0.717, 1.165) is 0 Å². The number of nitrogens with zero attached hydrogens (tertiary/aromatic N) is 1. The van der Waals surface area contributed by atoms with E-state index in [9.17, 15) is 33.7 Å². The Hall–Kier alpha value is -3.81. The lowest BCUT2D eigenvalue weighted by molar-refractivity contribution is -0.131. The first kappa shape index (κ1) is 26.8. The van der Waals surface area contributed by atoms with Gasteiger partial charge in [-0.15, -0.1) is 0 Å². The average Bonchev–Trinajstić information content (AvgIpc) is 2.92. The molecule has 0 spiro atoms. The molecule has 4 N–H and O–H groups in total. The summed E-state index contributed by atoms with van der Waals surface area (Å²) in [5.41, 5.74) is 2.40. The number of hydrogen-bond donors (Lipinski definition) is 4. The number of anilines is 1. The second-order valence-electron chi connectivity index (χ2n) is 9.58. The molecule has 1 aliphatic rings. The van der Waals surface area contributed by atoms with Crippen molar-refractivity contribution >= 4 is 24.5 Å². The summed E-state index contributed by atoms with van der Waals surface area (Å²) >= 11 is 0. The molecule has 1 aliphatic heterocycles. The highest BCUT2D eigenvalue weighted by Gasteiger charge is 2.49. The molecule has 3 atom stereocenters. The van der Waals surface area contributed by atoms with E-state index in [1.165, 1.54) is 36.4 Å². The summed E-state index contributed by atoms with van der Waals surface area (Å²) in [5, 5.41) is 21.6. The van der Waals surface area contributed by atoms with E-state index in [1.54, 1.807) is 47.4 Å². The Morgan fingerprint density at radius 3 is 2.26 bits per heavy atom. The fourth-order valence-corrected chi connectivity index (χ4v) is 5.73. The average molecular weight is 548 g/mol. The molecule has 4 aromatic rings. The zero-order valence-electron chi connectivity index (χ0n) is 20.8. The van der Waals surface area contributed by atoms with E-state index >= 15 is 0 Å². The summed E-state index contributed by atoms with van der Waals surface area (Å²) in [6.45, 7) is 0. The molecule has 200 valence electrons. The van der Waals surface area contributed by atoms with Crippen LogP contribution in [0.3, 0.4) is 0 Å². The first-order chi connectivity index (χ1) is 18.6. The number of carbonyl (C=O) groups is 1. The standard InChI is InChI=1S/C30H27FNO6P/c31-26-12-5-4-11-23(26)27(33)16-15-25-29(32(30(25)35)21-8-2-1-3-9-21)24-14-13-20(18-28(24)34)19-7-6-10-22(17-19)39(36,37)38/h1-14,17-18,25,27,29,33-34H,15-16H2,(H2,36,37,38). The molecule has 4 aromatic carbocycles. The largest absolute Gasteiger partial charge is 0.508 e. The third-order valence-corrected chi connectivity index (χ3v) is 8.08. The Bertz CT molecular complexity index is 1560. The van der Waals surface area contributed by atoms with Crippen LogP contribution in [0.4, 0.5) is 10.1 Å². The summed E-state index contributed by atoms with van der Waals surface area (Å²) < 4.78 is 25.9. The maximum atomic E-state index is 14.2. The molecule has 0 aliphatic carbocycles. The van der Waals surface area contributed by atoms with E-state index in [-0.39, 0.29) is 35.4 Å². The van der Waals surface area contributed by atoms with Crippen LogP contribution in [-0.4, -0.2) is 25.9 Å². The van der Waals surface area contributed by atoms with Gasteiger partial charge < -0.3 is 24.9 Å². The number of aliphatic hydroxyl groups excluding tert-OH is 1.